The number of carbonyl (C=O) groups is 1. The molecule has 0 heterocycles. The van der Waals surface area contributed by atoms with Crippen LogP contribution in [-0.2, 0) is 4.74 Å². The predicted molar refractivity (Wildman–Crippen MR) is 48.9 cm³/mol. The molecule has 0 aromatic heterocycles. The van der Waals surface area contributed by atoms with E-state index in [-0.39, 0.29) is 6.61 Å². The molecule has 0 spiro atoms. The summed E-state index contributed by atoms with van der Waals surface area (Å²) < 4.78 is 58.3. The molecule has 0 aliphatic carbocycles. The summed E-state index contributed by atoms with van der Waals surface area (Å²) in [6.07, 6.45) is 0. The van der Waals surface area contributed by atoms with E-state index in [2.05, 4.69) is 9.47 Å². The molecule has 0 aliphatic rings. The monoisotopic (exact) mass is 252 g/mol. The number of ether oxygens (including phenoxy) is 2. The van der Waals surface area contributed by atoms with E-state index in [1.165, 1.54) is 6.92 Å². The van der Waals surface area contributed by atoms with Crippen LogP contribution in [0.1, 0.15) is 17.3 Å². The molecule has 3 nitrogen and oxygen atoms in total. The van der Waals surface area contributed by atoms with Crippen molar-refractivity contribution in [3.63, 3.8) is 0 Å². The Hall–Kier alpha value is -1.79. The van der Waals surface area contributed by atoms with Gasteiger partial charge in [-0.1, -0.05) is 0 Å². The Bertz CT molecular complexity index is 420. The third-order valence-corrected chi connectivity index (χ3v) is 1.76. The molecule has 0 amide bonds. The smallest absolute Gasteiger partial charge is 0.387 e. The first-order chi connectivity index (χ1) is 7.97. The highest BCUT2D eigenvalue weighted by Gasteiger charge is 2.21. The minimum absolute atomic E-state index is 0.0187. The SMILES string of the molecule is CCOC(=O)c1ccc(OC(F)F)c(F)c1F. The standard InChI is InChI=1S/C10H8F4O3/c1-2-16-9(15)5-3-4-6(17-10(13)14)8(12)7(5)11/h3-4,10H,2H2,1H3. The number of hydrogen-bond donors (Lipinski definition) is 0. The van der Waals surface area contributed by atoms with Gasteiger partial charge in [-0.15, -0.1) is 0 Å². The first-order valence-electron chi connectivity index (χ1n) is 4.57. The van der Waals surface area contributed by atoms with E-state index in [0.717, 1.165) is 12.1 Å². The second-order valence-electron chi connectivity index (χ2n) is 2.84. The molecular weight excluding hydrogens is 244 g/mol. The predicted octanol–water partition coefficient (Wildman–Crippen LogP) is 2.74. The maximum absolute atomic E-state index is 13.3. The maximum atomic E-state index is 13.3. The molecule has 0 saturated heterocycles. The van der Waals surface area contributed by atoms with Crippen molar-refractivity contribution in [1.29, 1.82) is 0 Å². The largest absolute Gasteiger partial charge is 0.462 e. The molecule has 7 heteroatoms. The van der Waals surface area contributed by atoms with Gasteiger partial charge in [0.1, 0.15) is 0 Å². The molecule has 0 atom stereocenters. The van der Waals surface area contributed by atoms with E-state index in [1.807, 2.05) is 0 Å². The van der Waals surface area contributed by atoms with Crippen LogP contribution in [0, 0.1) is 11.6 Å². The van der Waals surface area contributed by atoms with Crippen LogP contribution in [0.25, 0.3) is 0 Å². The molecule has 17 heavy (non-hydrogen) atoms. The summed E-state index contributed by atoms with van der Waals surface area (Å²) in [5.41, 5.74) is -0.675. The minimum atomic E-state index is -3.28. The Balaban J connectivity index is 3.06. The van der Waals surface area contributed by atoms with Crippen LogP contribution in [0.5, 0.6) is 5.75 Å². The van der Waals surface area contributed by atoms with Gasteiger partial charge in [-0.05, 0) is 19.1 Å². The Morgan fingerprint density at radius 3 is 2.47 bits per heavy atom. The molecule has 1 aromatic rings. The summed E-state index contributed by atoms with van der Waals surface area (Å²) in [6, 6.07) is 1.55. The van der Waals surface area contributed by atoms with Crippen LogP contribution in [0.3, 0.4) is 0 Å². The molecule has 94 valence electrons. The quantitative estimate of drug-likeness (QED) is 0.610. The molecule has 0 fully saturated rings. The molecular formula is C10H8F4O3. The van der Waals surface area contributed by atoms with Crippen molar-refractivity contribution in [2.45, 2.75) is 13.5 Å². The molecule has 0 radical (unpaired) electrons. The topological polar surface area (TPSA) is 35.5 Å². The molecule has 0 unspecified atom stereocenters. The molecule has 0 bridgehead atoms. The Morgan fingerprint density at radius 1 is 1.29 bits per heavy atom. The molecule has 0 saturated carbocycles. The van der Waals surface area contributed by atoms with Crippen LogP contribution >= 0.6 is 0 Å². The minimum Gasteiger partial charge on any atom is -0.462 e. The Kier molecular flexibility index (Phi) is 4.30. The number of esters is 1. The zero-order valence-corrected chi connectivity index (χ0v) is 8.68. The summed E-state index contributed by atoms with van der Waals surface area (Å²) in [7, 11) is 0. The van der Waals surface area contributed by atoms with Crippen molar-refractivity contribution in [3.05, 3.63) is 29.3 Å². The van der Waals surface area contributed by atoms with Crippen LogP contribution in [0.2, 0.25) is 0 Å². The van der Waals surface area contributed by atoms with E-state index in [4.69, 9.17) is 0 Å². The van der Waals surface area contributed by atoms with Gasteiger partial charge in [0.2, 0.25) is 5.82 Å². The maximum Gasteiger partial charge on any atom is 0.387 e. The third kappa shape index (κ3) is 3.08. The number of carbonyl (C=O) groups excluding carboxylic acids is 1. The lowest BCUT2D eigenvalue weighted by molar-refractivity contribution is -0.0525. The van der Waals surface area contributed by atoms with Crippen LogP contribution in [0.4, 0.5) is 17.6 Å². The lowest BCUT2D eigenvalue weighted by atomic mass is 10.2. The van der Waals surface area contributed by atoms with Crippen molar-refractivity contribution >= 4 is 5.97 Å². The number of alkyl halides is 2. The second kappa shape index (κ2) is 5.51. The van der Waals surface area contributed by atoms with Crippen molar-refractivity contribution in [1.82, 2.24) is 0 Å². The first-order valence-corrected chi connectivity index (χ1v) is 4.57. The van der Waals surface area contributed by atoms with Gasteiger partial charge >= 0.3 is 12.6 Å². The van der Waals surface area contributed by atoms with Gasteiger partial charge in [0.15, 0.2) is 11.6 Å². The van der Waals surface area contributed by atoms with Gasteiger partial charge in [0.05, 0.1) is 12.2 Å². The first kappa shape index (κ1) is 13.3. The fourth-order valence-corrected chi connectivity index (χ4v) is 1.09. The number of benzene rings is 1. The normalized spacial score (nSPS) is 10.5. The van der Waals surface area contributed by atoms with Gasteiger partial charge in [0.25, 0.3) is 0 Å². The lowest BCUT2D eigenvalue weighted by Gasteiger charge is -2.08. The Morgan fingerprint density at radius 2 is 1.94 bits per heavy atom. The van der Waals surface area contributed by atoms with Gasteiger partial charge in [-0.25, -0.2) is 9.18 Å². The fraction of sp³-hybridized carbons (Fsp3) is 0.300. The number of halogens is 4. The highest BCUT2D eigenvalue weighted by molar-refractivity contribution is 5.89. The molecule has 1 aromatic carbocycles. The second-order valence-corrected chi connectivity index (χ2v) is 2.84. The molecule has 0 aliphatic heterocycles. The zero-order valence-electron chi connectivity index (χ0n) is 8.68. The molecule has 0 N–H and O–H groups in total. The highest BCUT2D eigenvalue weighted by atomic mass is 19.3. The van der Waals surface area contributed by atoms with E-state index >= 15 is 0 Å². The van der Waals surface area contributed by atoms with E-state index in [9.17, 15) is 22.4 Å². The van der Waals surface area contributed by atoms with Gasteiger partial charge in [-0.2, -0.15) is 13.2 Å². The van der Waals surface area contributed by atoms with E-state index in [1.54, 1.807) is 0 Å². The summed E-state index contributed by atoms with van der Waals surface area (Å²) in [4.78, 5) is 11.1. The molecule has 1 rings (SSSR count). The highest BCUT2D eigenvalue weighted by Crippen LogP contribution is 2.24. The van der Waals surface area contributed by atoms with Crippen LogP contribution < -0.4 is 4.74 Å². The van der Waals surface area contributed by atoms with Gasteiger partial charge in [-0.3, -0.25) is 0 Å². The van der Waals surface area contributed by atoms with Crippen LogP contribution in [-0.4, -0.2) is 19.2 Å². The Labute approximate surface area is 93.9 Å². The average molecular weight is 252 g/mol. The van der Waals surface area contributed by atoms with Crippen molar-refractivity contribution in [2.75, 3.05) is 6.61 Å². The van der Waals surface area contributed by atoms with Crippen molar-refractivity contribution in [2.24, 2.45) is 0 Å². The van der Waals surface area contributed by atoms with Gasteiger partial charge in [0, 0.05) is 0 Å². The van der Waals surface area contributed by atoms with Crippen molar-refractivity contribution in [3.8, 4) is 5.75 Å². The summed E-state index contributed by atoms with van der Waals surface area (Å²) in [6.45, 7) is -1.81. The van der Waals surface area contributed by atoms with Crippen LogP contribution in [0.15, 0.2) is 12.1 Å². The zero-order chi connectivity index (χ0) is 13.0. The number of rotatable bonds is 4. The van der Waals surface area contributed by atoms with Crippen molar-refractivity contribution < 1.29 is 31.8 Å². The summed E-state index contributed by atoms with van der Waals surface area (Å²) in [5, 5.41) is 0. The lowest BCUT2D eigenvalue weighted by Crippen LogP contribution is -2.11. The number of hydrogen-bond acceptors (Lipinski definition) is 3. The summed E-state index contributed by atoms with van der Waals surface area (Å²) >= 11 is 0. The third-order valence-electron chi connectivity index (χ3n) is 1.76. The van der Waals surface area contributed by atoms with Gasteiger partial charge < -0.3 is 9.47 Å². The average Bonchev–Trinajstić information content (AvgIpc) is 2.24. The fourth-order valence-electron chi connectivity index (χ4n) is 1.09. The van der Waals surface area contributed by atoms with E-state index in [0.29, 0.717) is 0 Å². The summed E-state index contributed by atoms with van der Waals surface area (Å²) in [5.74, 6) is -5.28. The van der Waals surface area contributed by atoms with E-state index < -0.39 is 35.5 Å².